The normalized spacial score (nSPS) is 8.76. The van der Waals surface area contributed by atoms with Gasteiger partial charge in [-0.3, -0.25) is 0 Å². The first-order chi connectivity index (χ1) is 16.6. The molecular weight excluding hydrogens is 408 g/mol. The van der Waals surface area contributed by atoms with Crippen molar-refractivity contribution in [3.05, 3.63) is 145 Å². The Morgan fingerprint density at radius 1 is 0.471 bits per heavy atom. The molecule has 0 aliphatic rings. The molecule has 0 spiro atoms. The standard InChI is InChI=1S/C20H18.C7H8.C3H8.C2H6.C2H4/c1-16-7-9-17(10-8-16)15-18-11-13-20(14-12-18)19-5-3-2-4-6-19;1-7-5-3-2-4-6-7;1-3-2;2*1-2/h2-14H,15H2,1H3;2-6H,1H3;3H2,1-2H3;1-2H3;1-2H2. The zero-order valence-corrected chi connectivity index (χ0v) is 22.2. The zero-order chi connectivity index (χ0) is 25.6. The molecule has 0 saturated heterocycles. The van der Waals surface area contributed by atoms with Gasteiger partial charge in [0.05, 0.1) is 0 Å². The van der Waals surface area contributed by atoms with Gasteiger partial charge in [-0.1, -0.05) is 154 Å². The summed E-state index contributed by atoms with van der Waals surface area (Å²) in [6, 6.07) is 38.4. The minimum absolute atomic E-state index is 0.995. The lowest BCUT2D eigenvalue weighted by atomic mass is 10.00. The number of hydrogen-bond donors (Lipinski definition) is 0. The Labute approximate surface area is 210 Å². The van der Waals surface area contributed by atoms with E-state index in [-0.39, 0.29) is 0 Å². The van der Waals surface area contributed by atoms with Crippen LogP contribution in [0.4, 0.5) is 0 Å². The molecule has 0 fully saturated rings. The van der Waals surface area contributed by atoms with Crippen molar-refractivity contribution in [1.29, 1.82) is 0 Å². The third-order valence-corrected chi connectivity index (χ3v) is 4.53. The molecule has 0 aromatic heterocycles. The second-order valence-electron chi connectivity index (χ2n) is 7.59. The number of hydrogen-bond acceptors (Lipinski definition) is 0. The van der Waals surface area contributed by atoms with Gasteiger partial charge in [-0.05, 0) is 42.5 Å². The SMILES string of the molecule is C=C.CC.CCC.Cc1ccc(Cc2ccc(-c3ccccc3)cc2)cc1.Cc1ccccc1. The Balaban J connectivity index is 0.000000646. The Morgan fingerprint density at radius 3 is 1.18 bits per heavy atom. The first-order valence-electron chi connectivity index (χ1n) is 12.3. The fourth-order valence-electron chi connectivity index (χ4n) is 2.92. The van der Waals surface area contributed by atoms with Crippen molar-refractivity contribution < 1.29 is 0 Å². The minimum Gasteiger partial charge on any atom is -0.106 e. The molecule has 0 N–H and O–H groups in total. The summed E-state index contributed by atoms with van der Waals surface area (Å²) in [4.78, 5) is 0. The molecule has 4 aromatic carbocycles. The molecule has 0 heteroatoms. The fraction of sp³-hybridized carbons (Fsp3) is 0.235. The topological polar surface area (TPSA) is 0 Å². The van der Waals surface area contributed by atoms with Crippen LogP contribution in [0, 0.1) is 13.8 Å². The average molecular weight is 453 g/mol. The summed E-state index contributed by atoms with van der Waals surface area (Å²) in [6.45, 7) is 18.5. The molecule has 0 unspecified atom stereocenters. The average Bonchev–Trinajstić information content (AvgIpc) is 2.90. The van der Waals surface area contributed by atoms with E-state index in [2.05, 4.69) is 132 Å². The predicted molar refractivity (Wildman–Crippen MR) is 156 cm³/mol. The van der Waals surface area contributed by atoms with Crippen LogP contribution in [0.2, 0.25) is 0 Å². The maximum absolute atomic E-state index is 3.00. The van der Waals surface area contributed by atoms with E-state index in [1.807, 2.05) is 32.0 Å². The predicted octanol–water partition coefficient (Wildman–Crippen LogP) is 10.5. The van der Waals surface area contributed by atoms with E-state index < -0.39 is 0 Å². The molecule has 0 radical (unpaired) electrons. The van der Waals surface area contributed by atoms with Crippen molar-refractivity contribution in [2.24, 2.45) is 0 Å². The lowest BCUT2D eigenvalue weighted by molar-refractivity contribution is 1.09. The minimum atomic E-state index is 0.995. The summed E-state index contributed by atoms with van der Waals surface area (Å²) in [5.41, 5.74) is 7.90. The Morgan fingerprint density at radius 2 is 0.794 bits per heavy atom. The van der Waals surface area contributed by atoms with E-state index >= 15 is 0 Å². The Kier molecular flexibility index (Phi) is 18.2. The van der Waals surface area contributed by atoms with Gasteiger partial charge in [0.25, 0.3) is 0 Å². The number of rotatable bonds is 3. The summed E-state index contributed by atoms with van der Waals surface area (Å²) >= 11 is 0. The highest BCUT2D eigenvalue weighted by molar-refractivity contribution is 5.63. The fourth-order valence-corrected chi connectivity index (χ4v) is 2.92. The van der Waals surface area contributed by atoms with E-state index in [4.69, 9.17) is 0 Å². The summed E-state index contributed by atoms with van der Waals surface area (Å²) in [5, 5.41) is 0. The van der Waals surface area contributed by atoms with Crippen LogP contribution in [0.3, 0.4) is 0 Å². The van der Waals surface area contributed by atoms with Gasteiger partial charge in [-0.25, -0.2) is 0 Å². The van der Waals surface area contributed by atoms with E-state index in [1.54, 1.807) is 0 Å². The molecular formula is C34H44. The van der Waals surface area contributed by atoms with Gasteiger partial charge in [-0.2, -0.15) is 0 Å². The zero-order valence-electron chi connectivity index (χ0n) is 22.2. The summed E-state index contributed by atoms with van der Waals surface area (Å²) in [6.07, 6.45) is 2.25. The molecule has 0 nitrogen and oxygen atoms in total. The van der Waals surface area contributed by atoms with E-state index in [1.165, 1.54) is 39.8 Å². The van der Waals surface area contributed by atoms with Crippen LogP contribution in [0.15, 0.2) is 122 Å². The molecule has 0 heterocycles. The molecule has 4 rings (SSSR count). The van der Waals surface area contributed by atoms with Gasteiger partial charge < -0.3 is 0 Å². The monoisotopic (exact) mass is 452 g/mol. The van der Waals surface area contributed by atoms with Crippen LogP contribution < -0.4 is 0 Å². The van der Waals surface area contributed by atoms with Crippen LogP contribution in [0.5, 0.6) is 0 Å². The quantitative estimate of drug-likeness (QED) is 0.271. The summed E-state index contributed by atoms with van der Waals surface area (Å²) in [5.74, 6) is 0. The van der Waals surface area contributed by atoms with Crippen molar-refractivity contribution >= 4 is 0 Å². The second-order valence-corrected chi connectivity index (χ2v) is 7.59. The maximum atomic E-state index is 3.00. The van der Waals surface area contributed by atoms with Crippen molar-refractivity contribution in [1.82, 2.24) is 0 Å². The Bertz CT molecular complexity index is 950. The molecule has 0 bridgehead atoms. The van der Waals surface area contributed by atoms with Crippen molar-refractivity contribution in [3.8, 4) is 11.1 Å². The van der Waals surface area contributed by atoms with Crippen LogP contribution in [-0.2, 0) is 6.42 Å². The molecule has 0 aliphatic heterocycles. The second kappa shape index (κ2) is 20.2. The highest BCUT2D eigenvalue weighted by Gasteiger charge is 1.99. The third-order valence-electron chi connectivity index (χ3n) is 4.53. The van der Waals surface area contributed by atoms with Crippen LogP contribution in [0.1, 0.15) is 56.4 Å². The number of benzene rings is 4. The van der Waals surface area contributed by atoms with E-state index in [0.717, 1.165) is 6.42 Å². The van der Waals surface area contributed by atoms with Gasteiger partial charge >= 0.3 is 0 Å². The van der Waals surface area contributed by atoms with Gasteiger partial charge in [0.2, 0.25) is 0 Å². The van der Waals surface area contributed by atoms with Crippen LogP contribution in [0.25, 0.3) is 11.1 Å². The molecule has 34 heavy (non-hydrogen) atoms. The molecule has 0 aliphatic carbocycles. The first-order valence-corrected chi connectivity index (χ1v) is 12.3. The lowest BCUT2D eigenvalue weighted by Crippen LogP contribution is -1.88. The largest absolute Gasteiger partial charge is 0.106 e. The third kappa shape index (κ3) is 13.2. The summed E-state index contributed by atoms with van der Waals surface area (Å²) < 4.78 is 0. The molecule has 180 valence electrons. The van der Waals surface area contributed by atoms with Gasteiger partial charge in [0, 0.05) is 0 Å². The van der Waals surface area contributed by atoms with Crippen molar-refractivity contribution in [2.45, 2.75) is 54.4 Å². The summed E-state index contributed by atoms with van der Waals surface area (Å²) in [7, 11) is 0. The van der Waals surface area contributed by atoms with Crippen LogP contribution in [-0.4, -0.2) is 0 Å². The van der Waals surface area contributed by atoms with E-state index in [9.17, 15) is 0 Å². The highest BCUT2D eigenvalue weighted by Crippen LogP contribution is 2.20. The lowest BCUT2D eigenvalue weighted by Gasteiger charge is -2.05. The molecule has 0 atom stereocenters. The first kappa shape index (κ1) is 30.6. The van der Waals surface area contributed by atoms with E-state index in [0.29, 0.717) is 0 Å². The van der Waals surface area contributed by atoms with Gasteiger partial charge in [0.15, 0.2) is 0 Å². The molecule has 4 aromatic rings. The highest BCUT2D eigenvalue weighted by atomic mass is 14.0. The van der Waals surface area contributed by atoms with Crippen molar-refractivity contribution in [3.63, 3.8) is 0 Å². The molecule has 0 saturated carbocycles. The van der Waals surface area contributed by atoms with Gasteiger partial charge in [-0.15, -0.1) is 13.2 Å². The van der Waals surface area contributed by atoms with Crippen molar-refractivity contribution in [2.75, 3.05) is 0 Å². The van der Waals surface area contributed by atoms with Gasteiger partial charge in [0.1, 0.15) is 0 Å². The Hall–Kier alpha value is -3.38. The molecule has 0 amide bonds. The number of aryl methyl sites for hydroxylation is 2. The smallest absolute Gasteiger partial charge is 0.00258 e. The maximum Gasteiger partial charge on any atom is -0.00258 e. The van der Waals surface area contributed by atoms with Crippen LogP contribution >= 0.6 is 0 Å².